The minimum absolute atomic E-state index is 0.138. The highest BCUT2D eigenvalue weighted by Gasteiger charge is 2.40. The molecule has 0 N–H and O–H groups in total. The monoisotopic (exact) mass is 443 g/mol. The summed E-state index contributed by atoms with van der Waals surface area (Å²) in [6.45, 7) is 0. The van der Waals surface area contributed by atoms with E-state index >= 15 is 0 Å². The molecule has 8 heteroatoms. The fourth-order valence-electron chi connectivity index (χ4n) is 3.80. The van der Waals surface area contributed by atoms with Crippen LogP contribution in [0.3, 0.4) is 0 Å². The number of rotatable bonds is 5. The van der Waals surface area contributed by atoms with Crippen molar-refractivity contribution < 1.29 is 12.8 Å². The number of anilines is 1. The summed E-state index contributed by atoms with van der Waals surface area (Å²) in [5.74, 6) is 0.0426. The second-order valence-corrected chi connectivity index (χ2v) is 9.79. The molecule has 2 heterocycles. The molecule has 2 aliphatic rings. The van der Waals surface area contributed by atoms with E-state index in [-0.39, 0.29) is 17.6 Å². The molecule has 1 saturated carbocycles. The van der Waals surface area contributed by atoms with Gasteiger partial charge in [-0.05, 0) is 36.1 Å². The van der Waals surface area contributed by atoms with Gasteiger partial charge in [-0.3, -0.25) is 4.99 Å². The Hall–Kier alpha value is -2.64. The molecule has 0 saturated heterocycles. The van der Waals surface area contributed by atoms with Crippen molar-refractivity contribution in [3.63, 3.8) is 0 Å². The lowest BCUT2D eigenvalue weighted by Gasteiger charge is -2.31. The summed E-state index contributed by atoms with van der Waals surface area (Å²) in [5, 5.41) is 0. The van der Waals surface area contributed by atoms with Crippen LogP contribution < -0.4 is 4.90 Å². The van der Waals surface area contributed by atoms with Crippen molar-refractivity contribution in [2.75, 3.05) is 4.90 Å². The molecule has 0 spiro atoms. The summed E-state index contributed by atoms with van der Waals surface area (Å²) < 4.78 is 41.7. The smallest absolute Gasteiger partial charge is 0.244 e. The first-order valence-electron chi connectivity index (χ1n) is 9.68. The molecule has 1 aliphatic carbocycles. The molecule has 3 aromatic rings. The molecule has 5 rings (SSSR count). The van der Waals surface area contributed by atoms with Gasteiger partial charge < -0.3 is 4.90 Å². The summed E-state index contributed by atoms with van der Waals surface area (Å²) in [6, 6.07) is 15.2. The molecule has 1 aliphatic heterocycles. The highest BCUT2D eigenvalue weighted by Crippen LogP contribution is 2.43. The number of benzene rings is 2. The van der Waals surface area contributed by atoms with Crippen molar-refractivity contribution in [1.82, 2.24) is 3.97 Å². The first-order chi connectivity index (χ1) is 14.4. The molecule has 5 nitrogen and oxygen atoms in total. The van der Waals surface area contributed by atoms with Crippen LogP contribution in [0.4, 0.5) is 10.2 Å². The number of hydrogen-bond donors (Lipinski definition) is 0. The van der Waals surface area contributed by atoms with Crippen LogP contribution in [0.25, 0.3) is 11.1 Å². The summed E-state index contributed by atoms with van der Waals surface area (Å²) >= 11 is 6.47. The Morgan fingerprint density at radius 2 is 1.77 bits per heavy atom. The molecule has 0 bridgehead atoms. The van der Waals surface area contributed by atoms with E-state index in [1.807, 2.05) is 23.1 Å². The molecule has 1 aromatic heterocycles. The van der Waals surface area contributed by atoms with Crippen LogP contribution in [0, 0.1) is 5.82 Å². The lowest BCUT2D eigenvalue weighted by atomic mass is 10.0. The first kappa shape index (κ1) is 19.3. The number of aliphatic imine (C=N–C) groups is 1. The van der Waals surface area contributed by atoms with Gasteiger partial charge in [-0.25, -0.2) is 16.8 Å². The molecule has 1 atom stereocenters. The van der Waals surface area contributed by atoms with Gasteiger partial charge in [0.15, 0.2) is 5.62 Å². The highest BCUT2D eigenvalue weighted by atomic mass is 35.5. The molecular formula is C22H19ClFN3O2S. The van der Waals surface area contributed by atoms with E-state index in [1.165, 1.54) is 16.1 Å². The quantitative estimate of drug-likeness (QED) is 0.428. The number of halogens is 2. The average Bonchev–Trinajstić information content (AvgIpc) is 3.48. The van der Waals surface area contributed by atoms with Crippen molar-refractivity contribution in [1.29, 1.82) is 0 Å². The minimum Gasteiger partial charge on any atom is -0.319 e. The zero-order chi connectivity index (χ0) is 20.9. The number of nitrogens with zero attached hydrogens (tertiary/aromatic N) is 3. The Morgan fingerprint density at radius 1 is 1.07 bits per heavy atom. The third kappa shape index (κ3) is 3.42. The summed E-state index contributed by atoms with van der Waals surface area (Å²) in [5.41, 5.74) is 2.12. The second-order valence-electron chi connectivity index (χ2n) is 7.55. The maximum absolute atomic E-state index is 13.5. The van der Waals surface area contributed by atoms with Gasteiger partial charge in [-0.15, -0.1) is 0 Å². The lowest BCUT2D eigenvalue weighted by molar-refractivity contribution is 0.584. The molecular weight excluding hydrogens is 425 g/mol. The van der Waals surface area contributed by atoms with Crippen LogP contribution >= 0.6 is 11.6 Å². The predicted octanol–water partition coefficient (Wildman–Crippen LogP) is 4.60. The number of hydrogen-bond acceptors (Lipinski definition) is 4. The van der Waals surface area contributed by atoms with Gasteiger partial charge >= 0.3 is 0 Å². The number of aromatic nitrogens is 1. The van der Waals surface area contributed by atoms with Gasteiger partial charge in [-0.2, -0.15) is 0 Å². The fraction of sp³-hybridized carbons (Fsp3) is 0.227. The maximum atomic E-state index is 13.5. The van der Waals surface area contributed by atoms with Gasteiger partial charge in [0.1, 0.15) is 11.6 Å². The Morgan fingerprint density at radius 3 is 2.43 bits per heavy atom. The normalized spacial score (nSPS) is 18.5. The number of alkyl halides is 1. The summed E-state index contributed by atoms with van der Waals surface area (Å²) in [4.78, 5) is 6.26. The van der Waals surface area contributed by atoms with E-state index in [2.05, 4.69) is 4.99 Å². The fourth-order valence-corrected chi connectivity index (χ4v) is 5.58. The van der Waals surface area contributed by atoms with Gasteiger partial charge in [-0.1, -0.05) is 54.1 Å². The van der Waals surface area contributed by atoms with E-state index in [4.69, 9.17) is 11.6 Å². The molecule has 2 aromatic carbocycles. The van der Waals surface area contributed by atoms with Crippen LogP contribution in [0.1, 0.15) is 24.0 Å². The van der Waals surface area contributed by atoms with Gasteiger partial charge in [0.25, 0.3) is 0 Å². The largest absolute Gasteiger partial charge is 0.319 e. The highest BCUT2D eigenvalue weighted by molar-refractivity contribution is 7.89. The van der Waals surface area contributed by atoms with Crippen molar-refractivity contribution >= 4 is 33.7 Å². The number of fused-ring (bicyclic) bond motifs is 1. The van der Waals surface area contributed by atoms with E-state index in [0.29, 0.717) is 22.5 Å². The molecule has 0 radical (unpaired) electrons. The van der Waals surface area contributed by atoms with Crippen LogP contribution in [0.15, 0.2) is 65.8 Å². The molecule has 0 amide bonds. The van der Waals surface area contributed by atoms with Crippen LogP contribution in [-0.4, -0.2) is 30.3 Å². The summed E-state index contributed by atoms with van der Waals surface area (Å²) in [7, 11) is -3.73. The Labute approximate surface area is 179 Å². The van der Waals surface area contributed by atoms with E-state index < -0.39 is 15.6 Å². The zero-order valence-electron chi connectivity index (χ0n) is 15.9. The van der Waals surface area contributed by atoms with Crippen LogP contribution in [0.2, 0.25) is 0 Å². The predicted molar refractivity (Wildman–Crippen MR) is 117 cm³/mol. The van der Waals surface area contributed by atoms with E-state index in [0.717, 1.165) is 18.4 Å². The Bertz CT molecular complexity index is 1220. The molecule has 154 valence electrons. The SMILES string of the molecule is O=S(=O)(Cc1ccccc1)n1cc(-c2ccc(F)cc2)c2c1N(C1CC1)C(Cl)N=C2. The van der Waals surface area contributed by atoms with Crippen molar-refractivity contribution in [3.8, 4) is 11.1 Å². The lowest BCUT2D eigenvalue weighted by Crippen LogP contribution is -2.37. The van der Waals surface area contributed by atoms with Crippen LogP contribution in [-0.2, 0) is 15.8 Å². The first-order valence-corrected chi connectivity index (χ1v) is 11.7. The Balaban J connectivity index is 1.69. The second kappa shape index (κ2) is 7.25. The van der Waals surface area contributed by atoms with Gasteiger partial charge in [0.2, 0.25) is 10.0 Å². The van der Waals surface area contributed by atoms with E-state index in [9.17, 15) is 12.8 Å². The van der Waals surface area contributed by atoms with Crippen molar-refractivity contribution in [2.24, 2.45) is 4.99 Å². The Kier molecular flexibility index (Phi) is 4.67. The average molecular weight is 444 g/mol. The zero-order valence-corrected chi connectivity index (χ0v) is 17.5. The van der Waals surface area contributed by atoms with Gasteiger partial charge in [0, 0.05) is 29.6 Å². The topological polar surface area (TPSA) is 54.7 Å². The molecule has 30 heavy (non-hydrogen) atoms. The van der Waals surface area contributed by atoms with Crippen molar-refractivity contribution in [3.05, 3.63) is 77.7 Å². The van der Waals surface area contributed by atoms with E-state index in [1.54, 1.807) is 36.7 Å². The third-order valence-corrected chi connectivity index (χ3v) is 7.27. The van der Waals surface area contributed by atoms with Gasteiger partial charge in [0.05, 0.1) is 5.75 Å². The summed E-state index contributed by atoms with van der Waals surface area (Å²) in [6.07, 6.45) is 5.10. The minimum atomic E-state index is -3.73. The standard InChI is InChI=1S/C22H19ClFN3O2S/c23-22-25-12-19-20(16-6-8-17(24)9-7-16)13-26(21(19)27(22)18-10-11-18)30(28,29)14-15-4-2-1-3-5-15/h1-9,12-13,18,22H,10-11,14H2. The molecule has 1 fully saturated rings. The van der Waals surface area contributed by atoms with Crippen LogP contribution in [0.5, 0.6) is 0 Å². The maximum Gasteiger partial charge on any atom is 0.244 e. The van der Waals surface area contributed by atoms with Crippen molar-refractivity contribution in [2.45, 2.75) is 30.3 Å². The molecule has 1 unspecified atom stereocenters. The third-order valence-electron chi connectivity index (χ3n) is 5.37.